The maximum Gasteiger partial charge on any atom is 0.306 e. The van der Waals surface area contributed by atoms with E-state index in [4.69, 9.17) is 5.26 Å². The lowest BCUT2D eigenvalue weighted by molar-refractivity contribution is -0.141. The van der Waals surface area contributed by atoms with Crippen molar-refractivity contribution in [3.63, 3.8) is 0 Å². The summed E-state index contributed by atoms with van der Waals surface area (Å²) >= 11 is 0. The molecule has 2 aromatic rings. The molecule has 1 amide bonds. The fraction of sp³-hybridized carbons (Fsp3) is 0.200. The summed E-state index contributed by atoms with van der Waals surface area (Å²) in [5, 5.41) is 15.8. The van der Waals surface area contributed by atoms with Crippen molar-refractivity contribution in [3.8, 4) is 11.8 Å². The van der Waals surface area contributed by atoms with Gasteiger partial charge in [0, 0.05) is 6.42 Å². The number of rotatable bonds is 5. The van der Waals surface area contributed by atoms with Crippen LogP contribution in [-0.2, 0) is 14.3 Å². The van der Waals surface area contributed by atoms with Crippen LogP contribution in [0.25, 0.3) is 5.69 Å². The van der Waals surface area contributed by atoms with Gasteiger partial charge in [0.1, 0.15) is 11.6 Å². The predicted molar refractivity (Wildman–Crippen MR) is 78.2 cm³/mol. The average molecular weight is 298 g/mol. The molecule has 0 fully saturated rings. The molecule has 22 heavy (non-hydrogen) atoms. The molecule has 7 heteroatoms. The summed E-state index contributed by atoms with van der Waals surface area (Å²) in [6, 6.07) is 11.1. The lowest BCUT2D eigenvalue weighted by Gasteiger charge is -2.09. The van der Waals surface area contributed by atoms with Crippen LogP contribution in [0.1, 0.15) is 18.4 Å². The van der Waals surface area contributed by atoms with Crippen LogP contribution in [0.2, 0.25) is 0 Å². The van der Waals surface area contributed by atoms with Gasteiger partial charge in [0.05, 0.1) is 25.4 Å². The quantitative estimate of drug-likeness (QED) is 0.846. The first-order valence-corrected chi connectivity index (χ1v) is 6.56. The summed E-state index contributed by atoms with van der Waals surface area (Å²) in [6.07, 6.45) is 1.32. The number of amides is 1. The van der Waals surface area contributed by atoms with Crippen molar-refractivity contribution < 1.29 is 14.3 Å². The van der Waals surface area contributed by atoms with E-state index in [2.05, 4.69) is 15.2 Å². The van der Waals surface area contributed by atoms with E-state index in [0.717, 1.165) is 0 Å². The molecule has 2 rings (SSSR count). The van der Waals surface area contributed by atoms with E-state index in [0.29, 0.717) is 5.69 Å². The molecule has 0 saturated carbocycles. The highest BCUT2D eigenvalue weighted by Gasteiger charge is 2.15. The highest BCUT2D eigenvalue weighted by molar-refractivity contribution is 5.93. The van der Waals surface area contributed by atoms with Gasteiger partial charge in [0.2, 0.25) is 5.91 Å². The van der Waals surface area contributed by atoms with Gasteiger partial charge in [-0.15, -0.1) is 0 Å². The van der Waals surface area contributed by atoms with Crippen LogP contribution in [-0.4, -0.2) is 28.8 Å². The maximum absolute atomic E-state index is 11.9. The Bertz CT molecular complexity index is 716. The third-order valence-corrected chi connectivity index (χ3v) is 2.93. The Hall–Kier alpha value is -3.14. The number of hydrogen-bond donors (Lipinski definition) is 1. The standard InChI is InChI=1S/C15H14N4O3/c1-22-14(21)8-7-13(20)18-15-11(9-16)10-17-19(15)12-5-3-2-4-6-12/h2-6,10H,7-8H2,1H3,(H,18,20). The molecule has 0 atom stereocenters. The van der Waals surface area contributed by atoms with E-state index in [1.807, 2.05) is 24.3 Å². The first-order valence-electron chi connectivity index (χ1n) is 6.56. The summed E-state index contributed by atoms with van der Waals surface area (Å²) in [5.41, 5.74) is 0.961. The fourth-order valence-corrected chi connectivity index (χ4v) is 1.83. The SMILES string of the molecule is COC(=O)CCC(=O)Nc1c(C#N)cnn1-c1ccccc1. The lowest BCUT2D eigenvalue weighted by Crippen LogP contribution is -2.17. The maximum atomic E-state index is 11.9. The molecule has 0 spiro atoms. The van der Waals surface area contributed by atoms with E-state index in [1.54, 1.807) is 12.1 Å². The molecule has 0 aliphatic heterocycles. The molecule has 7 nitrogen and oxygen atoms in total. The minimum absolute atomic E-state index is 0.0241. The van der Waals surface area contributed by atoms with E-state index >= 15 is 0 Å². The Morgan fingerprint density at radius 3 is 2.68 bits per heavy atom. The van der Waals surface area contributed by atoms with Gasteiger partial charge in [-0.05, 0) is 12.1 Å². The van der Waals surface area contributed by atoms with Crippen molar-refractivity contribution >= 4 is 17.7 Å². The van der Waals surface area contributed by atoms with Crippen LogP contribution < -0.4 is 5.32 Å². The van der Waals surface area contributed by atoms with Crippen LogP contribution in [0.3, 0.4) is 0 Å². The smallest absolute Gasteiger partial charge is 0.306 e. The number of carbonyl (C=O) groups is 2. The van der Waals surface area contributed by atoms with Gasteiger partial charge in [-0.2, -0.15) is 10.4 Å². The van der Waals surface area contributed by atoms with Crippen molar-refractivity contribution in [1.82, 2.24) is 9.78 Å². The zero-order valence-corrected chi connectivity index (χ0v) is 11.9. The largest absolute Gasteiger partial charge is 0.469 e. The first kappa shape index (κ1) is 15.3. The topological polar surface area (TPSA) is 97.0 Å². The van der Waals surface area contributed by atoms with Gasteiger partial charge in [-0.1, -0.05) is 18.2 Å². The lowest BCUT2D eigenvalue weighted by atomic mass is 10.2. The Labute approximate surface area is 127 Å². The summed E-state index contributed by atoms with van der Waals surface area (Å²) in [6.45, 7) is 0. The minimum Gasteiger partial charge on any atom is -0.469 e. The molecule has 1 aromatic heterocycles. The summed E-state index contributed by atoms with van der Waals surface area (Å²) in [7, 11) is 1.26. The third kappa shape index (κ3) is 3.49. The number of methoxy groups -OCH3 is 1. The first-order chi connectivity index (χ1) is 10.7. The van der Waals surface area contributed by atoms with Crippen LogP contribution >= 0.6 is 0 Å². The number of nitriles is 1. The molecular formula is C15H14N4O3. The van der Waals surface area contributed by atoms with Crippen molar-refractivity contribution in [3.05, 3.63) is 42.1 Å². The van der Waals surface area contributed by atoms with Crippen molar-refractivity contribution in [1.29, 1.82) is 5.26 Å². The second-order valence-electron chi connectivity index (χ2n) is 4.39. The number of benzene rings is 1. The molecular weight excluding hydrogens is 284 g/mol. The van der Waals surface area contributed by atoms with Gasteiger partial charge < -0.3 is 10.1 Å². The summed E-state index contributed by atoms with van der Waals surface area (Å²) in [4.78, 5) is 23.0. The highest BCUT2D eigenvalue weighted by Crippen LogP contribution is 2.19. The van der Waals surface area contributed by atoms with Crippen molar-refractivity contribution in [2.45, 2.75) is 12.8 Å². The van der Waals surface area contributed by atoms with Crippen molar-refractivity contribution in [2.75, 3.05) is 12.4 Å². The van der Waals surface area contributed by atoms with E-state index in [-0.39, 0.29) is 30.1 Å². The summed E-state index contributed by atoms with van der Waals surface area (Å²) < 4.78 is 5.95. The van der Waals surface area contributed by atoms with Gasteiger partial charge in [0.25, 0.3) is 0 Å². The zero-order chi connectivity index (χ0) is 15.9. The minimum atomic E-state index is -0.466. The third-order valence-electron chi connectivity index (χ3n) is 2.93. The Morgan fingerprint density at radius 2 is 2.05 bits per heavy atom. The number of para-hydroxylation sites is 1. The number of anilines is 1. The van der Waals surface area contributed by atoms with Crippen LogP contribution in [0.4, 0.5) is 5.82 Å². The van der Waals surface area contributed by atoms with Crippen LogP contribution in [0.15, 0.2) is 36.5 Å². The number of carbonyl (C=O) groups excluding carboxylic acids is 2. The Kier molecular flexibility index (Phi) is 4.88. The fourth-order valence-electron chi connectivity index (χ4n) is 1.83. The van der Waals surface area contributed by atoms with Crippen LogP contribution in [0.5, 0.6) is 0 Å². The number of ether oxygens (including phenoxy) is 1. The molecule has 1 aromatic carbocycles. The zero-order valence-electron chi connectivity index (χ0n) is 11.9. The molecule has 1 N–H and O–H groups in total. The second kappa shape index (κ2) is 7.04. The van der Waals surface area contributed by atoms with Gasteiger partial charge in [-0.25, -0.2) is 4.68 Å². The molecule has 1 heterocycles. The normalized spacial score (nSPS) is 9.82. The number of aromatic nitrogens is 2. The molecule has 0 aliphatic carbocycles. The van der Waals surface area contributed by atoms with E-state index < -0.39 is 5.97 Å². The molecule has 0 aliphatic rings. The number of hydrogen-bond acceptors (Lipinski definition) is 5. The number of nitrogens with zero attached hydrogens (tertiary/aromatic N) is 3. The Morgan fingerprint density at radius 1 is 1.32 bits per heavy atom. The van der Waals surface area contributed by atoms with E-state index in [1.165, 1.54) is 18.0 Å². The number of esters is 1. The van der Waals surface area contributed by atoms with Gasteiger partial charge >= 0.3 is 5.97 Å². The molecule has 112 valence electrons. The van der Waals surface area contributed by atoms with E-state index in [9.17, 15) is 9.59 Å². The number of nitrogens with one attached hydrogen (secondary N) is 1. The monoisotopic (exact) mass is 298 g/mol. The van der Waals surface area contributed by atoms with Gasteiger partial charge in [-0.3, -0.25) is 9.59 Å². The average Bonchev–Trinajstić information content (AvgIpc) is 2.96. The van der Waals surface area contributed by atoms with Crippen molar-refractivity contribution in [2.24, 2.45) is 0 Å². The van der Waals surface area contributed by atoms with Crippen LogP contribution in [0, 0.1) is 11.3 Å². The van der Waals surface area contributed by atoms with Gasteiger partial charge in [0.15, 0.2) is 5.82 Å². The second-order valence-corrected chi connectivity index (χ2v) is 4.39. The summed E-state index contributed by atoms with van der Waals surface area (Å²) in [5.74, 6) is -0.574. The molecule has 0 radical (unpaired) electrons. The Balaban J connectivity index is 2.20. The molecule has 0 saturated heterocycles. The predicted octanol–water partition coefficient (Wildman–Crippen LogP) is 1.64. The molecule has 0 bridgehead atoms. The molecule has 0 unspecified atom stereocenters. The highest BCUT2D eigenvalue weighted by atomic mass is 16.5.